The summed E-state index contributed by atoms with van der Waals surface area (Å²) in [6.07, 6.45) is 1.45. The van der Waals surface area contributed by atoms with Crippen molar-refractivity contribution in [3.8, 4) is 0 Å². The zero-order valence-electron chi connectivity index (χ0n) is 11.3. The van der Waals surface area contributed by atoms with Crippen molar-refractivity contribution >= 4 is 11.7 Å². The van der Waals surface area contributed by atoms with E-state index >= 15 is 0 Å². The molecule has 2 rings (SSSR count). The van der Waals surface area contributed by atoms with Crippen molar-refractivity contribution in [1.29, 1.82) is 0 Å². The average molecular weight is 304 g/mol. The van der Waals surface area contributed by atoms with Gasteiger partial charge in [0.15, 0.2) is 0 Å². The van der Waals surface area contributed by atoms with Crippen molar-refractivity contribution in [2.45, 2.75) is 24.7 Å². The van der Waals surface area contributed by atoms with Gasteiger partial charge in [0, 0.05) is 17.0 Å². The number of nitrogens with zero attached hydrogens (tertiary/aromatic N) is 4. The number of hydrogen-bond donors (Lipinski definition) is 1. The number of benzene rings is 1. The number of carbonyl (C=O) groups excluding carboxylic acids is 1. The minimum absolute atomic E-state index is 0.122. The number of nitro benzene ring substituents is 1. The largest absolute Gasteiger partial charge is 0.452 e. The van der Waals surface area contributed by atoms with Crippen LogP contribution in [0.1, 0.15) is 16.8 Å². The Balaban J connectivity index is 2.08. The van der Waals surface area contributed by atoms with Crippen LogP contribution < -0.4 is 0 Å². The monoisotopic (exact) mass is 304 g/mol. The fourth-order valence-electron chi connectivity index (χ4n) is 2.03. The Morgan fingerprint density at radius 3 is 2.73 bits per heavy atom. The minimum Gasteiger partial charge on any atom is -0.452 e. The van der Waals surface area contributed by atoms with Crippen LogP contribution in [0.2, 0.25) is 0 Å². The van der Waals surface area contributed by atoms with Gasteiger partial charge in [0.05, 0.1) is 16.5 Å². The number of non-ortho nitro benzene ring substituents is 1. The minimum atomic E-state index is -1.14. The summed E-state index contributed by atoms with van der Waals surface area (Å²) in [5, 5.41) is 24.0. The van der Waals surface area contributed by atoms with E-state index in [1.165, 1.54) is 30.3 Å². The number of nitro groups is 1. The van der Waals surface area contributed by atoms with Crippen LogP contribution in [0.25, 0.3) is 10.4 Å². The molecule has 0 saturated heterocycles. The molecule has 0 aromatic heterocycles. The van der Waals surface area contributed by atoms with Gasteiger partial charge in [-0.1, -0.05) is 11.2 Å². The molecule has 0 spiro atoms. The van der Waals surface area contributed by atoms with Crippen LogP contribution >= 0.6 is 0 Å². The lowest BCUT2D eigenvalue weighted by atomic mass is 9.97. The van der Waals surface area contributed by atoms with Crippen molar-refractivity contribution in [1.82, 2.24) is 0 Å². The molecule has 0 fully saturated rings. The van der Waals surface area contributed by atoms with Gasteiger partial charge in [-0.25, -0.2) is 4.79 Å². The molecule has 9 heteroatoms. The standard InChI is InChI=1S/C13H12N4O5/c14-16-15-10-2-1-3-11(12(10)18)22-13(19)8-4-6-9(7-5-8)17(20)21/h1,3-7,10-12,18H,2H2/t10-,11+,12+/m1/s1. The molecule has 0 heterocycles. The highest BCUT2D eigenvalue weighted by atomic mass is 16.6. The Bertz CT molecular complexity index is 651. The Hall–Kier alpha value is -2.90. The van der Waals surface area contributed by atoms with Gasteiger partial charge in [-0.3, -0.25) is 10.1 Å². The van der Waals surface area contributed by atoms with Crippen molar-refractivity contribution in [2.75, 3.05) is 0 Å². The van der Waals surface area contributed by atoms with Crippen molar-refractivity contribution in [3.05, 3.63) is 62.5 Å². The second kappa shape index (κ2) is 6.70. The number of ether oxygens (including phenoxy) is 1. The smallest absolute Gasteiger partial charge is 0.338 e. The van der Waals surface area contributed by atoms with Crippen LogP contribution in [-0.2, 0) is 4.74 Å². The SMILES string of the molecule is [N-]=[N+]=N[C@@H]1CC=C[C@H](OC(=O)c2ccc([N+](=O)[O-])cc2)[C@H]1O. The molecule has 9 nitrogen and oxygen atoms in total. The van der Waals surface area contributed by atoms with E-state index in [2.05, 4.69) is 10.0 Å². The second-order valence-electron chi connectivity index (χ2n) is 4.60. The van der Waals surface area contributed by atoms with Crippen LogP contribution in [0.5, 0.6) is 0 Å². The highest BCUT2D eigenvalue weighted by Crippen LogP contribution is 2.20. The first-order chi connectivity index (χ1) is 10.5. The van der Waals surface area contributed by atoms with Crippen LogP contribution in [0.3, 0.4) is 0 Å². The fraction of sp³-hybridized carbons (Fsp3) is 0.308. The van der Waals surface area contributed by atoms with E-state index in [1.54, 1.807) is 6.08 Å². The van der Waals surface area contributed by atoms with E-state index in [-0.39, 0.29) is 11.3 Å². The molecule has 3 atom stereocenters. The third-order valence-corrected chi connectivity index (χ3v) is 3.19. The quantitative estimate of drug-likeness (QED) is 0.173. The molecule has 0 radical (unpaired) electrons. The third-order valence-electron chi connectivity index (χ3n) is 3.19. The maximum Gasteiger partial charge on any atom is 0.338 e. The molecule has 1 aliphatic carbocycles. The Labute approximate surface area is 124 Å². The first-order valence-corrected chi connectivity index (χ1v) is 6.37. The molecule has 1 aliphatic rings. The summed E-state index contributed by atoms with van der Waals surface area (Å²) in [6, 6.07) is 4.21. The summed E-state index contributed by atoms with van der Waals surface area (Å²) >= 11 is 0. The van der Waals surface area contributed by atoms with Gasteiger partial charge in [-0.2, -0.15) is 0 Å². The van der Waals surface area contributed by atoms with E-state index < -0.39 is 29.1 Å². The van der Waals surface area contributed by atoms with E-state index in [0.29, 0.717) is 6.42 Å². The maximum absolute atomic E-state index is 12.0. The molecule has 0 aliphatic heterocycles. The number of aliphatic hydroxyl groups is 1. The number of azide groups is 1. The fourth-order valence-corrected chi connectivity index (χ4v) is 2.03. The van der Waals surface area contributed by atoms with Gasteiger partial charge < -0.3 is 9.84 Å². The summed E-state index contributed by atoms with van der Waals surface area (Å²) in [4.78, 5) is 24.6. The molecular weight excluding hydrogens is 292 g/mol. The van der Waals surface area contributed by atoms with Crippen LogP contribution in [0.4, 0.5) is 5.69 Å². The molecular formula is C13H12N4O5. The molecule has 114 valence electrons. The molecule has 0 bridgehead atoms. The highest BCUT2D eigenvalue weighted by Gasteiger charge is 2.31. The highest BCUT2D eigenvalue weighted by molar-refractivity contribution is 5.89. The van der Waals surface area contributed by atoms with Gasteiger partial charge in [-0.15, -0.1) is 0 Å². The summed E-state index contributed by atoms with van der Waals surface area (Å²) < 4.78 is 5.14. The van der Waals surface area contributed by atoms with Gasteiger partial charge in [0.1, 0.15) is 12.2 Å². The lowest BCUT2D eigenvalue weighted by molar-refractivity contribution is -0.384. The van der Waals surface area contributed by atoms with Crippen LogP contribution in [0.15, 0.2) is 41.5 Å². The van der Waals surface area contributed by atoms with E-state index in [9.17, 15) is 20.0 Å². The predicted octanol–water partition coefficient (Wildman–Crippen LogP) is 2.12. The summed E-state index contributed by atoms with van der Waals surface area (Å²) in [5.41, 5.74) is 8.39. The summed E-state index contributed by atoms with van der Waals surface area (Å²) in [5.74, 6) is -0.731. The van der Waals surface area contributed by atoms with Crippen LogP contribution in [-0.4, -0.2) is 34.2 Å². The number of esters is 1. The van der Waals surface area contributed by atoms with Gasteiger partial charge in [0.25, 0.3) is 5.69 Å². The van der Waals surface area contributed by atoms with Crippen molar-refractivity contribution < 1.29 is 19.6 Å². The normalized spacial score (nSPS) is 23.4. The molecule has 0 unspecified atom stereocenters. The number of rotatable bonds is 4. The number of aliphatic hydroxyl groups excluding tert-OH is 1. The van der Waals surface area contributed by atoms with Gasteiger partial charge in [0.2, 0.25) is 0 Å². The van der Waals surface area contributed by atoms with Crippen LogP contribution in [0, 0.1) is 10.1 Å². The number of carbonyl (C=O) groups is 1. The number of hydrogen-bond acceptors (Lipinski definition) is 6. The molecule has 22 heavy (non-hydrogen) atoms. The van der Waals surface area contributed by atoms with E-state index in [0.717, 1.165) is 0 Å². The zero-order chi connectivity index (χ0) is 16.1. The molecule has 1 aromatic rings. The lowest BCUT2D eigenvalue weighted by Crippen LogP contribution is -2.40. The molecule has 0 saturated carbocycles. The third kappa shape index (κ3) is 3.40. The van der Waals surface area contributed by atoms with E-state index in [1.807, 2.05) is 0 Å². The van der Waals surface area contributed by atoms with Gasteiger partial charge in [-0.05, 0) is 30.2 Å². The Morgan fingerprint density at radius 2 is 2.14 bits per heavy atom. The summed E-state index contributed by atoms with van der Waals surface area (Å²) in [6.45, 7) is 0. The Morgan fingerprint density at radius 1 is 1.45 bits per heavy atom. The van der Waals surface area contributed by atoms with Crippen molar-refractivity contribution in [3.63, 3.8) is 0 Å². The molecule has 1 aromatic carbocycles. The second-order valence-corrected chi connectivity index (χ2v) is 4.60. The molecule has 1 N–H and O–H groups in total. The first-order valence-electron chi connectivity index (χ1n) is 6.37. The predicted molar refractivity (Wildman–Crippen MR) is 75.0 cm³/mol. The van der Waals surface area contributed by atoms with E-state index in [4.69, 9.17) is 10.3 Å². The zero-order valence-corrected chi connectivity index (χ0v) is 11.3. The maximum atomic E-state index is 12.0. The average Bonchev–Trinajstić information content (AvgIpc) is 2.51. The molecule has 0 amide bonds. The lowest BCUT2D eigenvalue weighted by Gasteiger charge is -2.27. The Kier molecular flexibility index (Phi) is 4.72. The summed E-state index contributed by atoms with van der Waals surface area (Å²) in [7, 11) is 0. The topological polar surface area (TPSA) is 138 Å². The van der Waals surface area contributed by atoms with Gasteiger partial charge >= 0.3 is 5.97 Å². The van der Waals surface area contributed by atoms with Crippen molar-refractivity contribution in [2.24, 2.45) is 5.11 Å². The first kappa shape index (κ1) is 15.5.